The van der Waals surface area contributed by atoms with Crippen molar-refractivity contribution in [3.8, 4) is 0 Å². The van der Waals surface area contributed by atoms with Gasteiger partial charge in [-0.1, -0.05) is 19.8 Å². The number of nitrogens with zero attached hydrogens (tertiary/aromatic N) is 1. The van der Waals surface area contributed by atoms with Gasteiger partial charge < -0.3 is 19.7 Å². The lowest BCUT2D eigenvalue weighted by atomic mass is 9.88. The standard InChI is InChI=1S/C20H30N2O3/c1-16-4-2-3-5-19(16)25-13-10-21-20(23)17-6-8-18(9-7-17)22-11-14-24-15-12-22/h6-9,16,19H,2-5,10-15H2,1H3,(H,21,23)/t16-,19-/m0/s1. The van der Waals surface area contributed by atoms with Crippen molar-refractivity contribution in [1.29, 1.82) is 0 Å². The Labute approximate surface area is 150 Å². The van der Waals surface area contributed by atoms with Gasteiger partial charge in [-0.05, 0) is 43.0 Å². The summed E-state index contributed by atoms with van der Waals surface area (Å²) < 4.78 is 11.3. The molecule has 5 heteroatoms. The maximum absolute atomic E-state index is 12.2. The van der Waals surface area contributed by atoms with Crippen molar-refractivity contribution >= 4 is 11.6 Å². The molecule has 3 rings (SSSR count). The first-order valence-electron chi connectivity index (χ1n) is 9.56. The van der Waals surface area contributed by atoms with Crippen molar-refractivity contribution in [1.82, 2.24) is 5.32 Å². The fourth-order valence-electron chi connectivity index (χ4n) is 3.65. The third-order valence-corrected chi connectivity index (χ3v) is 5.26. The highest BCUT2D eigenvalue weighted by Crippen LogP contribution is 2.26. The van der Waals surface area contributed by atoms with Crippen LogP contribution in [0.25, 0.3) is 0 Å². The fraction of sp³-hybridized carbons (Fsp3) is 0.650. The molecule has 2 fully saturated rings. The van der Waals surface area contributed by atoms with E-state index in [9.17, 15) is 4.79 Å². The van der Waals surface area contributed by atoms with Crippen molar-refractivity contribution < 1.29 is 14.3 Å². The number of hydrogen-bond acceptors (Lipinski definition) is 4. The van der Waals surface area contributed by atoms with Crippen LogP contribution in [-0.2, 0) is 9.47 Å². The van der Waals surface area contributed by atoms with Gasteiger partial charge in [0.15, 0.2) is 0 Å². The molecule has 1 aromatic rings. The van der Waals surface area contributed by atoms with Gasteiger partial charge in [0.05, 0.1) is 25.9 Å². The van der Waals surface area contributed by atoms with Crippen LogP contribution in [0, 0.1) is 5.92 Å². The van der Waals surface area contributed by atoms with E-state index in [1.165, 1.54) is 19.3 Å². The fourth-order valence-corrected chi connectivity index (χ4v) is 3.65. The van der Waals surface area contributed by atoms with Gasteiger partial charge in [0.2, 0.25) is 0 Å². The van der Waals surface area contributed by atoms with Crippen molar-refractivity contribution in [2.75, 3.05) is 44.4 Å². The molecule has 1 saturated heterocycles. The Kier molecular flexibility index (Phi) is 6.70. The molecular weight excluding hydrogens is 316 g/mol. The Balaban J connectivity index is 1.40. The van der Waals surface area contributed by atoms with Gasteiger partial charge in [-0.15, -0.1) is 0 Å². The highest BCUT2D eigenvalue weighted by Gasteiger charge is 2.21. The third kappa shape index (κ3) is 5.19. The number of amides is 1. The molecule has 1 heterocycles. The molecule has 1 aliphatic carbocycles. The van der Waals surface area contributed by atoms with Gasteiger partial charge in [-0.3, -0.25) is 4.79 Å². The number of carbonyl (C=O) groups excluding carboxylic acids is 1. The smallest absolute Gasteiger partial charge is 0.251 e. The summed E-state index contributed by atoms with van der Waals surface area (Å²) in [5.74, 6) is 0.603. The van der Waals surface area contributed by atoms with Crippen molar-refractivity contribution in [3.63, 3.8) is 0 Å². The number of ether oxygens (including phenoxy) is 2. The highest BCUT2D eigenvalue weighted by molar-refractivity contribution is 5.94. The first-order valence-corrected chi connectivity index (χ1v) is 9.56. The number of benzene rings is 1. The molecule has 0 aromatic heterocycles. The molecule has 5 nitrogen and oxygen atoms in total. The van der Waals surface area contributed by atoms with E-state index in [0.29, 0.717) is 30.7 Å². The van der Waals surface area contributed by atoms with E-state index in [1.54, 1.807) is 0 Å². The average molecular weight is 346 g/mol. The van der Waals surface area contributed by atoms with Gasteiger partial charge in [0.1, 0.15) is 0 Å². The molecule has 0 unspecified atom stereocenters. The van der Waals surface area contributed by atoms with Gasteiger partial charge >= 0.3 is 0 Å². The Bertz CT molecular complexity index is 540. The SMILES string of the molecule is C[C@H]1CCCC[C@@H]1OCCNC(=O)c1ccc(N2CCOCC2)cc1. The first kappa shape index (κ1) is 18.2. The molecule has 1 N–H and O–H groups in total. The summed E-state index contributed by atoms with van der Waals surface area (Å²) in [4.78, 5) is 14.5. The van der Waals surface area contributed by atoms with Crippen LogP contribution in [0.4, 0.5) is 5.69 Å². The summed E-state index contributed by atoms with van der Waals surface area (Å²) in [6.07, 6.45) is 5.35. The van der Waals surface area contributed by atoms with E-state index in [2.05, 4.69) is 17.1 Å². The second-order valence-electron chi connectivity index (χ2n) is 7.07. The summed E-state index contributed by atoms with van der Waals surface area (Å²) in [5, 5.41) is 2.95. The summed E-state index contributed by atoms with van der Waals surface area (Å²) in [5.41, 5.74) is 1.84. The largest absolute Gasteiger partial charge is 0.378 e. The van der Waals surface area contributed by atoms with Crippen molar-refractivity contribution in [2.45, 2.75) is 38.7 Å². The van der Waals surface area contributed by atoms with Crippen LogP contribution in [0.3, 0.4) is 0 Å². The zero-order valence-corrected chi connectivity index (χ0v) is 15.2. The van der Waals surface area contributed by atoms with Crippen LogP contribution >= 0.6 is 0 Å². The lowest BCUT2D eigenvalue weighted by Crippen LogP contribution is -2.36. The van der Waals surface area contributed by atoms with Crippen molar-refractivity contribution in [2.24, 2.45) is 5.92 Å². The van der Waals surface area contributed by atoms with Gasteiger partial charge in [-0.25, -0.2) is 0 Å². The van der Waals surface area contributed by atoms with Gasteiger partial charge in [0, 0.05) is 30.9 Å². The molecular formula is C20H30N2O3. The molecule has 2 atom stereocenters. The third-order valence-electron chi connectivity index (χ3n) is 5.26. The Morgan fingerprint density at radius 3 is 2.64 bits per heavy atom. The molecule has 1 aromatic carbocycles. The molecule has 1 amide bonds. The van der Waals surface area contributed by atoms with E-state index >= 15 is 0 Å². The Hall–Kier alpha value is -1.59. The van der Waals surface area contributed by atoms with E-state index in [-0.39, 0.29) is 5.91 Å². The summed E-state index contributed by atoms with van der Waals surface area (Å²) >= 11 is 0. The Morgan fingerprint density at radius 1 is 1.20 bits per heavy atom. The summed E-state index contributed by atoms with van der Waals surface area (Å²) in [6, 6.07) is 7.81. The predicted octanol–water partition coefficient (Wildman–Crippen LogP) is 2.85. The molecule has 0 bridgehead atoms. The minimum atomic E-state index is -0.0335. The van der Waals surface area contributed by atoms with Gasteiger partial charge in [-0.2, -0.15) is 0 Å². The average Bonchev–Trinajstić information content (AvgIpc) is 2.67. The zero-order valence-electron chi connectivity index (χ0n) is 15.2. The molecule has 1 saturated carbocycles. The second kappa shape index (κ2) is 9.20. The maximum atomic E-state index is 12.2. The Morgan fingerprint density at radius 2 is 1.92 bits per heavy atom. The van der Waals surface area contributed by atoms with E-state index < -0.39 is 0 Å². The number of rotatable bonds is 6. The van der Waals surface area contributed by atoms with Crippen molar-refractivity contribution in [3.05, 3.63) is 29.8 Å². The molecule has 1 aliphatic heterocycles. The van der Waals surface area contributed by atoms with E-state index in [1.807, 2.05) is 24.3 Å². The number of anilines is 1. The highest BCUT2D eigenvalue weighted by atomic mass is 16.5. The summed E-state index contributed by atoms with van der Waals surface area (Å²) in [6.45, 7) is 6.76. The lowest BCUT2D eigenvalue weighted by Gasteiger charge is -2.29. The topological polar surface area (TPSA) is 50.8 Å². The van der Waals surface area contributed by atoms with Crippen LogP contribution in [0.1, 0.15) is 43.0 Å². The number of nitrogens with one attached hydrogen (secondary N) is 1. The van der Waals surface area contributed by atoms with Crippen LogP contribution < -0.4 is 10.2 Å². The number of morpholine rings is 1. The molecule has 138 valence electrons. The second-order valence-corrected chi connectivity index (χ2v) is 7.07. The first-order chi connectivity index (χ1) is 12.2. The summed E-state index contributed by atoms with van der Waals surface area (Å²) in [7, 11) is 0. The number of carbonyl (C=O) groups is 1. The van der Waals surface area contributed by atoms with Crippen LogP contribution in [0.5, 0.6) is 0 Å². The lowest BCUT2D eigenvalue weighted by molar-refractivity contribution is -0.00293. The molecule has 2 aliphatic rings. The van der Waals surface area contributed by atoms with Gasteiger partial charge in [0.25, 0.3) is 5.91 Å². The zero-order chi connectivity index (χ0) is 17.5. The number of hydrogen-bond donors (Lipinski definition) is 1. The minimum absolute atomic E-state index is 0.0335. The van der Waals surface area contributed by atoms with Crippen LogP contribution in [-0.4, -0.2) is 51.5 Å². The predicted molar refractivity (Wildman–Crippen MR) is 99.2 cm³/mol. The van der Waals surface area contributed by atoms with Crippen LogP contribution in [0.2, 0.25) is 0 Å². The van der Waals surface area contributed by atoms with Crippen LogP contribution in [0.15, 0.2) is 24.3 Å². The maximum Gasteiger partial charge on any atom is 0.251 e. The van der Waals surface area contributed by atoms with E-state index in [4.69, 9.17) is 9.47 Å². The molecule has 25 heavy (non-hydrogen) atoms. The quantitative estimate of drug-likeness (QED) is 0.805. The van der Waals surface area contributed by atoms with E-state index in [0.717, 1.165) is 38.4 Å². The minimum Gasteiger partial charge on any atom is -0.378 e. The normalized spacial score (nSPS) is 24.1. The monoisotopic (exact) mass is 346 g/mol. The molecule has 0 radical (unpaired) electrons. The molecule has 0 spiro atoms.